The van der Waals surface area contributed by atoms with E-state index in [0.717, 1.165) is 11.1 Å². The molecule has 0 saturated heterocycles. The molecule has 2 aromatic carbocycles. The molecule has 1 amide bonds. The van der Waals surface area contributed by atoms with Gasteiger partial charge < -0.3 is 0 Å². The minimum Gasteiger partial charge on any atom is -0.267 e. The number of fused-ring (bicyclic) bond motifs is 1. The maximum Gasteiger partial charge on any atom is 0.275 e. The quantitative estimate of drug-likeness (QED) is 0.792. The van der Waals surface area contributed by atoms with Gasteiger partial charge in [-0.25, -0.2) is 5.01 Å². The molecule has 96 valence electrons. The first-order chi connectivity index (χ1) is 9.81. The van der Waals surface area contributed by atoms with Crippen LogP contribution in [0.4, 0.5) is 0 Å². The molecule has 2 aromatic rings. The van der Waals surface area contributed by atoms with Gasteiger partial charge in [0, 0.05) is 11.1 Å². The summed E-state index contributed by atoms with van der Waals surface area (Å²) in [5.41, 5.74) is 2.19. The van der Waals surface area contributed by atoms with Crippen LogP contribution in [0, 0.1) is 11.3 Å². The highest BCUT2D eigenvalue weighted by molar-refractivity contribution is 5.96. The number of carbonyl (C=O) groups excluding carboxylic acids is 1. The average molecular weight is 261 g/mol. The van der Waals surface area contributed by atoms with E-state index in [1.807, 2.05) is 30.3 Å². The Kier molecular flexibility index (Phi) is 3.02. The number of hydrogen-bond donors (Lipinski definition) is 0. The summed E-state index contributed by atoms with van der Waals surface area (Å²) in [4.78, 5) is 12.4. The SMILES string of the molecule is N#CC1c2ccccc2C=NN1C(=O)c1ccccc1. The Balaban J connectivity index is 2.01. The summed E-state index contributed by atoms with van der Waals surface area (Å²) < 4.78 is 0. The lowest BCUT2D eigenvalue weighted by molar-refractivity contribution is 0.0720. The van der Waals surface area contributed by atoms with E-state index in [-0.39, 0.29) is 5.91 Å². The van der Waals surface area contributed by atoms with Crippen molar-refractivity contribution in [2.75, 3.05) is 0 Å². The fourth-order valence-corrected chi connectivity index (χ4v) is 2.21. The van der Waals surface area contributed by atoms with Gasteiger partial charge in [0.2, 0.25) is 0 Å². The standard InChI is InChI=1S/C16H11N3O/c17-10-15-14-9-5-4-8-13(14)11-18-19(15)16(20)12-6-2-1-3-7-12/h1-9,11,15H. The number of hydrazone groups is 1. The molecule has 0 radical (unpaired) electrons. The Labute approximate surface area is 116 Å². The third-order valence-electron chi connectivity index (χ3n) is 3.21. The highest BCUT2D eigenvalue weighted by atomic mass is 16.2. The largest absolute Gasteiger partial charge is 0.275 e. The summed E-state index contributed by atoms with van der Waals surface area (Å²) in [7, 11) is 0. The molecule has 0 fully saturated rings. The first-order valence-corrected chi connectivity index (χ1v) is 6.22. The molecule has 1 aliphatic rings. The first kappa shape index (κ1) is 12.1. The van der Waals surface area contributed by atoms with E-state index in [2.05, 4.69) is 11.2 Å². The van der Waals surface area contributed by atoms with E-state index in [9.17, 15) is 10.1 Å². The number of rotatable bonds is 1. The molecule has 1 aliphatic heterocycles. The van der Waals surface area contributed by atoms with Crippen LogP contribution >= 0.6 is 0 Å². The Bertz CT molecular complexity index is 716. The fraction of sp³-hybridized carbons (Fsp3) is 0.0625. The van der Waals surface area contributed by atoms with Crippen molar-refractivity contribution in [2.24, 2.45) is 5.10 Å². The van der Waals surface area contributed by atoms with Crippen LogP contribution in [0.15, 0.2) is 59.7 Å². The summed E-state index contributed by atoms with van der Waals surface area (Å²) >= 11 is 0. The number of benzene rings is 2. The van der Waals surface area contributed by atoms with Crippen molar-refractivity contribution in [1.82, 2.24) is 5.01 Å². The van der Waals surface area contributed by atoms with Crippen molar-refractivity contribution in [2.45, 2.75) is 6.04 Å². The Morgan fingerprint density at radius 2 is 1.80 bits per heavy atom. The molecule has 1 heterocycles. The van der Waals surface area contributed by atoms with E-state index in [1.54, 1.807) is 30.5 Å². The van der Waals surface area contributed by atoms with E-state index < -0.39 is 6.04 Å². The Morgan fingerprint density at radius 1 is 1.10 bits per heavy atom. The molecule has 1 atom stereocenters. The summed E-state index contributed by atoms with van der Waals surface area (Å²) in [5, 5.41) is 14.8. The molecule has 0 N–H and O–H groups in total. The zero-order valence-electron chi connectivity index (χ0n) is 10.6. The maximum absolute atomic E-state index is 12.4. The summed E-state index contributed by atoms with van der Waals surface area (Å²) in [5.74, 6) is -0.275. The van der Waals surface area contributed by atoms with Crippen LogP contribution in [0.25, 0.3) is 0 Å². The van der Waals surface area contributed by atoms with Gasteiger partial charge in [-0.05, 0) is 17.7 Å². The number of hydrogen-bond acceptors (Lipinski definition) is 3. The minimum absolute atomic E-state index is 0.275. The average Bonchev–Trinajstić information content (AvgIpc) is 2.54. The molecule has 1 unspecified atom stereocenters. The molecule has 4 nitrogen and oxygen atoms in total. The highest BCUT2D eigenvalue weighted by Crippen LogP contribution is 2.28. The molecule has 0 saturated carbocycles. The third-order valence-corrected chi connectivity index (χ3v) is 3.21. The van der Waals surface area contributed by atoms with Crippen LogP contribution in [-0.4, -0.2) is 17.1 Å². The monoisotopic (exact) mass is 261 g/mol. The lowest BCUT2D eigenvalue weighted by Crippen LogP contribution is -2.32. The number of carbonyl (C=O) groups is 1. The third kappa shape index (κ3) is 1.95. The van der Waals surface area contributed by atoms with Crippen molar-refractivity contribution in [1.29, 1.82) is 5.26 Å². The van der Waals surface area contributed by atoms with Crippen molar-refractivity contribution < 1.29 is 4.79 Å². The molecule has 0 bridgehead atoms. The molecule has 3 rings (SSSR count). The predicted octanol–water partition coefficient (Wildman–Crippen LogP) is 2.74. The van der Waals surface area contributed by atoms with E-state index >= 15 is 0 Å². The van der Waals surface area contributed by atoms with Gasteiger partial charge in [-0.15, -0.1) is 0 Å². The van der Waals surface area contributed by atoms with Crippen molar-refractivity contribution >= 4 is 12.1 Å². The van der Waals surface area contributed by atoms with Crippen LogP contribution in [-0.2, 0) is 0 Å². The van der Waals surface area contributed by atoms with E-state index in [1.165, 1.54) is 5.01 Å². The Hall–Kier alpha value is -2.93. The van der Waals surface area contributed by atoms with Gasteiger partial charge in [0.15, 0.2) is 6.04 Å². The normalized spacial score (nSPS) is 16.4. The van der Waals surface area contributed by atoms with E-state index in [4.69, 9.17) is 0 Å². The highest BCUT2D eigenvalue weighted by Gasteiger charge is 2.29. The Morgan fingerprint density at radius 3 is 2.55 bits per heavy atom. The topological polar surface area (TPSA) is 56.5 Å². The van der Waals surface area contributed by atoms with Crippen LogP contribution in [0.1, 0.15) is 27.5 Å². The van der Waals surface area contributed by atoms with Gasteiger partial charge in [0.25, 0.3) is 5.91 Å². The predicted molar refractivity (Wildman–Crippen MR) is 75.0 cm³/mol. The second-order valence-corrected chi connectivity index (χ2v) is 4.42. The summed E-state index contributed by atoms with van der Waals surface area (Å²) in [6.07, 6.45) is 1.62. The molecule has 0 aromatic heterocycles. The van der Waals surface area contributed by atoms with Gasteiger partial charge in [-0.2, -0.15) is 10.4 Å². The van der Waals surface area contributed by atoms with Gasteiger partial charge in [-0.1, -0.05) is 42.5 Å². The minimum atomic E-state index is -0.691. The number of nitriles is 1. The molecular weight excluding hydrogens is 250 g/mol. The van der Waals surface area contributed by atoms with Crippen LogP contribution in [0.5, 0.6) is 0 Å². The van der Waals surface area contributed by atoms with Crippen molar-refractivity contribution in [3.8, 4) is 6.07 Å². The first-order valence-electron chi connectivity index (χ1n) is 6.22. The zero-order valence-corrected chi connectivity index (χ0v) is 10.6. The second-order valence-electron chi connectivity index (χ2n) is 4.42. The molecule has 0 aliphatic carbocycles. The van der Waals surface area contributed by atoms with Gasteiger partial charge >= 0.3 is 0 Å². The van der Waals surface area contributed by atoms with Crippen LogP contribution < -0.4 is 0 Å². The van der Waals surface area contributed by atoms with Gasteiger partial charge in [0.05, 0.1) is 12.3 Å². The van der Waals surface area contributed by atoms with Gasteiger partial charge in [0.1, 0.15) is 0 Å². The lowest BCUT2D eigenvalue weighted by Gasteiger charge is -2.27. The fourth-order valence-electron chi connectivity index (χ4n) is 2.21. The molecule has 20 heavy (non-hydrogen) atoms. The van der Waals surface area contributed by atoms with Crippen molar-refractivity contribution in [3.05, 3.63) is 71.3 Å². The second kappa shape index (κ2) is 4.98. The molecular formula is C16H11N3O. The van der Waals surface area contributed by atoms with Crippen molar-refractivity contribution in [3.63, 3.8) is 0 Å². The van der Waals surface area contributed by atoms with Gasteiger partial charge in [-0.3, -0.25) is 4.79 Å². The zero-order chi connectivity index (χ0) is 13.9. The van der Waals surface area contributed by atoms with Crippen LogP contribution in [0.3, 0.4) is 0 Å². The summed E-state index contributed by atoms with van der Waals surface area (Å²) in [6.45, 7) is 0. The number of nitrogens with zero attached hydrogens (tertiary/aromatic N) is 3. The smallest absolute Gasteiger partial charge is 0.267 e. The van der Waals surface area contributed by atoms with E-state index in [0.29, 0.717) is 5.56 Å². The molecule has 0 spiro atoms. The van der Waals surface area contributed by atoms with Crippen LogP contribution in [0.2, 0.25) is 0 Å². The number of amides is 1. The lowest BCUT2D eigenvalue weighted by atomic mass is 9.99. The summed E-state index contributed by atoms with van der Waals surface area (Å²) in [6, 6.07) is 17.8. The molecule has 4 heteroatoms. The maximum atomic E-state index is 12.4.